The highest BCUT2D eigenvalue weighted by molar-refractivity contribution is 9.10. The van der Waals surface area contributed by atoms with Crippen molar-refractivity contribution in [3.63, 3.8) is 0 Å². The van der Waals surface area contributed by atoms with Gasteiger partial charge < -0.3 is 25.0 Å². The third-order valence-electron chi connectivity index (χ3n) is 5.45. The second-order valence-electron chi connectivity index (χ2n) is 8.92. The predicted octanol–water partition coefficient (Wildman–Crippen LogP) is 4.43. The highest BCUT2D eigenvalue weighted by Gasteiger charge is 2.45. The Morgan fingerprint density at radius 2 is 2.03 bits per heavy atom. The van der Waals surface area contributed by atoms with Gasteiger partial charge in [0.15, 0.2) is 0 Å². The van der Waals surface area contributed by atoms with Crippen LogP contribution in [-0.2, 0) is 4.74 Å². The fourth-order valence-electron chi connectivity index (χ4n) is 4.11. The van der Waals surface area contributed by atoms with Crippen molar-refractivity contribution >= 4 is 44.7 Å². The lowest BCUT2D eigenvalue weighted by Gasteiger charge is -2.50. The number of ether oxygens (including phenoxy) is 1. The third kappa shape index (κ3) is 3.79. The molecule has 2 aromatic rings. The van der Waals surface area contributed by atoms with Crippen LogP contribution in [0.25, 0.3) is 10.8 Å². The molecule has 160 valence electrons. The molecule has 2 atom stereocenters. The SMILES string of the molecule is CC(C)(C)OC(=O)N1CCC[C@](O)(C2N=Cc3c(cc(Br)c4ccccc34)N2[O-])C1. The number of halogens is 1. The number of fused-ring (bicyclic) bond motifs is 3. The number of hydroxylamine groups is 1. The van der Waals surface area contributed by atoms with Crippen LogP contribution in [-0.4, -0.2) is 52.8 Å². The Kier molecular flexibility index (Phi) is 5.28. The molecule has 2 aliphatic heterocycles. The Labute approximate surface area is 184 Å². The number of hydrogen-bond acceptors (Lipinski definition) is 6. The normalized spacial score (nSPS) is 24.1. The van der Waals surface area contributed by atoms with Gasteiger partial charge in [0.05, 0.1) is 6.54 Å². The molecule has 1 fully saturated rings. The summed E-state index contributed by atoms with van der Waals surface area (Å²) in [4.78, 5) is 18.4. The first-order chi connectivity index (χ1) is 14.1. The molecule has 1 amide bonds. The monoisotopic (exact) mass is 474 g/mol. The van der Waals surface area contributed by atoms with Crippen molar-refractivity contribution < 1.29 is 14.6 Å². The van der Waals surface area contributed by atoms with Gasteiger partial charge in [-0.2, -0.15) is 0 Å². The molecule has 2 heterocycles. The Morgan fingerprint density at radius 3 is 2.73 bits per heavy atom. The molecule has 30 heavy (non-hydrogen) atoms. The quantitative estimate of drug-likeness (QED) is 0.660. The second kappa shape index (κ2) is 7.51. The third-order valence-corrected chi connectivity index (χ3v) is 6.11. The topological polar surface area (TPSA) is 88.4 Å². The molecule has 0 radical (unpaired) electrons. The molecule has 1 N–H and O–H groups in total. The number of nitrogens with zero attached hydrogens (tertiary/aromatic N) is 3. The van der Waals surface area contributed by atoms with Gasteiger partial charge in [0.2, 0.25) is 0 Å². The molecule has 1 saturated heterocycles. The molecular formula is C22H25BrN3O4-. The number of aliphatic hydroxyl groups is 1. The number of hydrogen-bond donors (Lipinski definition) is 1. The van der Waals surface area contributed by atoms with Crippen LogP contribution in [0, 0.1) is 5.21 Å². The van der Waals surface area contributed by atoms with Crippen LogP contribution in [0.2, 0.25) is 0 Å². The van der Waals surface area contributed by atoms with Gasteiger partial charge >= 0.3 is 6.09 Å². The number of carbonyl (C=O) groups excluding carboxylic acids is 1. The van der Waals surface area contributed by atoms with Gasteiger partial charge in [0, 0.05) is 28.5 Å². The van der Waals surface area contributed by atoms with Crippen molar-refractivity contribution in [1.82, 2.24) is 4.90 Å². The first kappa shape index (κ1) is 21.1. The van der Waals surface area contributed by atoms with Crippen molar-refractivity contribution in [3.8, 4) is 0 Å². The first-order valence-corrected chi connectivity index (χ1v) is 10.8. The Balaban J connectivity index is 1.64. The van der Waals surface area contributed by atoms with E-state index >= 15 is 0 Å². The average Bonchev–Trinajstić information content (AvgIpc) is 2.68. The summed E-state index contributed by atoms with van der Waals surface area (Å²) < 4.78 is 6.25. The highest BCUT2D eigenvalue weighted by Crippen LogP contribution is 2.40. The van der Waals surface area contributed by atoms with E-state index in [4.69, 9.17) is 4.74 Å². The van der Waals surface area contributed by atoms with Crippen LogP contribution in [0.15, 0.2) is 39.8 Å². The highest BCUT2D eigenvalue weighted by atomic mass is 79.9. The van der Waals surface area contributed by atoms with Crippen molar-refractivity contribution in [1.29, 1.82) is 0 Å². The van der Waals surface area contributed by atoms with Gasteiger partial charge in [0.1, 0.15) is 17.4 Å². The van der Waals surface area contributed by atoms with E-state index in [-0.39, 0.29) is 6.54 Å². The van der Waals surface area contributed by atoms with Gasteiger partial charge in [-0.25, -0.2) is 4.79 Å². The Morgan fingerprint density at radius 1 is 1.33 bits per heavy atom. The molecule has 0 saturated carbocycles. The van der Waals surface area contributed by atoms with Crippen LogP contribution in [0.5, 0.6) is 0 Å². The maximum atomic E-state index is 13.3. The molecule has 1 unspecified atom stereocenters. The van der Waals surface area contributed by atoms with Crippen LogP contribution in [0.1, 0.15) is 39.2 Å². The number of β-amino-alcohol motifs (C(OH)–C–C–N with tert-alkyl or cyclic N) is 1. The summed E-state index contributed by atoms with van der Waals surface area (Å²) in [6.07, 6.45) is 1.06. The van der Waals surface area contributed by atoms with Crippen LogP contribution in [0.4, 0.5) is 10.5 Å². The lowest BCUT2D eigenvalue weighted by molar-refractivity contribution is -0.0552. The van der Waals surface area contributed by atoms with E-state index in [0.29, 0.717) is 25.1 Å². The standard InChI is InChI=1S/C22H25BrN3O4/c1-21(2,3)30-20(27)25-10-6-9-22(28,13-25)19-24-12-16-14-7-4-5-8-15(14)17(23)11-18(16)26(19)29/h4-5,7-8,11-12,19,28H,6,9-10,13H2,1-3H3/q-1/t19?,22-/m1/s1. The van der Waals surface area contributed by atoms with Gasteiger partial charge in [0.25, 0.3) is 0 Å². The smallest absolute Gasteiger partial charge is 0.410 e. The summed E-state index contributed by atoms with van der Waals surface area (Å²) in [6, 6.07) is 9.53. The number of rotatable bonds is 1. The number of amides is 1. The maximum Gasteiger partial charge on any atom is 0.410 e. The fourth-order valence-corrected chi connectivity index (χ4v) is 4.67. The van der Waals surface area contributed by atoms with Gasteiger partial charge in [-0.05, 0) is 50.5 Å². The molecule has 2 aliphatic rings. The minimum atomic E-state index is -1.47. The number of anilines is 1. The molecule has 0 spiro atoms. The largest absolute Gasteiger partial charge is 0.757 e. The molecule has 0 bridgehead atoms. The van der Waals surface area contributed by atoms with E-state index in [2.05, 4.69) is 20.9 Å². The number of likely N-dealkylation sites (tertiary alicyclic amines) is 1. The van der Waals surface area contributed by atoms with Crippen LogP contribution in [0.3, 0.4) is 0 Å². The predicted molar refractivity (Wildman–Crippen MR) is 121 cm³/mol. The summed E-state index contributed by atoms with van der Waals surface area (Å²) in [5, 5.41) is 27.4. The van der Waals surface area contributed by atoms with E-state index in [1.165, 1.54) is 4.90 Å². The molecule has 4 rings (SSSR count). The van der Waals surface area contributed by atoms with Crippen LogP contribution < -0.4 is 5.06 Å². The summed E-state index contributed by atoms with van der Waals surface area (Å²) in [5.41, 5.74) is -0.928. The second-order valence-corrected chi connectivity index (χ2v) is 9.78. The van der Waals surface area contributed by atoms with Crippen molar-refractivity contribution in [2.45, 2.75) is 51.0 Å². The summed E-state index contributed by atoms with van der Waals surface area (Å²) >= 11 is 3.55. The molecule has 2 aromatic carbocycles. The lowest BCUT2D eigenvalue weighted by atomic mass is 9.88. The Hall–Kier alpha value is -2.16. The van der Waals surface area contributed by atoms with E-state index < -0.39 is 23.5 Å². The summed E-state index contributed by atoms with van der Waals surface area (Å²) in [7, 11) is 0. The van der Waals surface area contributed by atoms with Crippen molar-refractivity contribution in [3.05, 3.63) is 45.6 Å². The van der Waals surface area contributed by atoms with Crippen molar-refractivity contribution in [2.75, 3.05) is 18.2 Å². The maximum absolute atomic E-state index is 13.3. The molecule has 7 nitrogen and oxygen atoms in total. The zero-order valence-corrected chi connectivity index (χ0v) is 18.8. The first-order valence-electron chi connectivity index (χ1n) is 10.0. The Bertz CT molecular complexity index is 1020. The fraction of sp³-hybridized carbons (Fsp3) is 0.455. The summed E-state index contributed by atoms with van der Waals surface area (Å²) in [6.45, 7) is 5.85. The van der Waals surface area contributed by atoms with E-state index in [1.807, 2.05) is 24.3 Å². The number of piperidine rings is 1. The van der Waals surface area contributed by atoms with Crippen molar-refractivity contribution in [2.24, 2.45) is 4.99 Å². The van der Waals surface area contributed by atoms with E-state index in [1.54, 1.807) is 33.1 Å². The number of benzene rings is 2. The van der Waals surface area contributed by atoms with Gasteiger partial charge in [-0.15, -0.1) is 0 Å². The molecule has 8 heteroatoms. The number of carbonyl (C=O) groups is 1. The van der Waals surface area contributed by atoms with Crippen LogP contribution >= 0.6 is 15.9 Å². The zero-order chi connectivity index (χ0) is 21.7. The van der Waals surface area contributed by atoms with Gasteiger partial charge in [-0.1, -0.05) is 40.2 Å². The number of aliphatic imine (C=N–C) groups is 1. The van der Waals surface area contributed by atoms with E-state index in [9.17, 15) is 15.1 Å². The lowest BCUT2D eigenvalue weighted by Crippen LogP contribution is -2.61. The van der Waals surface area contributed by atoms with E-state index in [0.717, 1.165) is 25.9 Å². The molecular weight excluding hydrogens is 450 g/mol. The molecule has 0 aliphatic carbocycles. The minimum absolute atomic E-state index is 0.00720. The minimum Gasteiger partial charge on any atom is -0.757 e. The zero-order valence-electron chi connectivity index (χ0n) is 17.3. The summed E-state index contributed by atoms with van der Waals surface area (Å²) in [5.74, 6) is 0. The van der Waals surface area contributed by atoms with Gasteiger partial charge in [-0.3, -0.25) is 4.99 Å². The molecule has 0 aromatic heterocycles. The average molecular weight is 475 g/mol.